The van der Waals surface area contributed by atoms with Crippen LogP contribution < -0.4 is 15.1 Å². The molecule has 8 heteroatoms. The van der Waals surface area contributed by atoms with Crippen LogP contribution in [0.15, 0.2) is 42.5 Å². The smallest absolute Gasteiger partial charge is 0.270 e. The number of non-ortho nitro benzene ring substituents is 1. The lowest BCUT2D eigenvalue weighted by Gasteiger charge is -2.30. The number of amides is 1. The number of quaternary nitrogens is 1. The molecule has 0 unspecified atom stereocenters. The molecule has 0 saturated carbocycles. The van der Waals surface area contributed by atoms with Gasteiger partial charge in [-0.2, -0.15) is 0 Å². The molecule has 1 amide bonds. The minimum absolute atomic E-state index is 0.0748. The molecule has 0 atom stereocenters. The van der Waals surface area contributed by atoms with Crippen molar-refractivity contribution < 1.29 is 14.6 Å². The molecule has 2 N–H and O–H groups in total. The molecule has 0 aromatic heterocycles. The number of nitro benzene ring substituents is 1. The Balaban J connectivity index is 1.60. The highest BCUT2D eigenvalue weighted by Gasteiger charge is 2.25. The second-order valence-electron chi connectivity index (χ2n) is 7.65. The molecule has 154 valence electrons. The van der Waals surface area contributed by atoms with Gasteiger partial charge >= 0.3 is 0 Å². The number of nitrogens with zero attached hydrogens (tertiary/aromatic N) is 2. The summed E-state index contributed by atoms with van der Waals surface area (Å²) in [6.45, 7) is 2.86. The highest BCUT2D eigenvalue weighted by Crippen LogP contribution is 2.24. The Bertz CT molecular complexity index is 878. The van der Waals surface area contributed by atoms with Crippen LogP contribution in [-0.2, 0) is 6.54 Å². The summed E-state index contributed by atoms with van der Waals surface area (Å²) >= 11 is 5.94. The molecule has 2 aromatic rings. The number of nitro groups is 1. The number of carbonyl (C=O) groups is 1. The van der Waals surface area contributed by atoms with E-state index in [9.17, 15) is 14.9 Å². The number of likely N-dealkylation sites (tertiary alicyclic amines) is 1. The first kappa shape index (κ1) is 21.1. The summed E-state index contributed by atoms with van der Waals surface area (Å²) in [6, 6.07) is 12.4. The Hall–Kier alpha value is -2.64. The number of piperidine rings is 1. The third-order valence-electron chi connectivity index (χ3n) is 5.31. The van der Waals surface area contributed by atoms with Crippen LogP contribution in [-0.4, -0.2) is 44.1 Å². The molecule has 1 aliphatic rings. The molecule has 1 fully saturated rings. The molecular weight excluding hydrogens is 392 g/mol. The van der Waals surface area contributed by atoms with Crippen molar-refractivity contribution in [2.24, 2.45) is 0 Å². The minimum Gasteiger partial charge on any atom is -0.377 e. The van der Waals surface area contributed by atoms with Crippen LogP contribution in [0.3, 0.4) is 0 Å². The summed E-state index contributed by atoms with van der Waals surface area (Å²) in [5.74, 6) is -0.261. The van der Waals surface area contributed by atoms with E-state index in [-0.39, 0.29) is 17.6 Å². The van der Waals surface area contributed by atoms with Crippen molar-refractivity contribution in [1.29, 1.82) is 0 Å². The monoisotopic (exact) mass is 417 g/mol. The number of rotatable bonds is 6. The van der Waals surface area contributed by atoms with Gasteiger partial charge < -0.3 is 15.1 Å². The molecular formula is C21H26ClN4O3+. The fraction of sp³-hybridized carbons (Fsp3) is 0.381. The van der Waals surface area contributed by atoms with Crippen molar-refractivity contribution in [3.8, 4) is 0 Å². The average Bonchev–Trinajstić information content (AvgIpc) is 2.70. The molecule has 1 saturated heterocycles. The largest absolute Gasteiger partial charge is 0.377 e. The maximum Gasteiger partial charge on any atom is 0.270 e. The first-order valence-electron chi connectivity index (χ1n) is 9.68. The van der Waals surface area contributed by atoms with Gasteiger partial charge in [0.2, 0.25) is 0 Å². The molecule has 1 aliphatic heterocycles. The Morgan fingerprint density at radius 2 is 1.86 bits per heavy atom. The number of hydrogen-bond acceptors (Lipinski definition) is 4. The van der Waals surface area contributed by atoms with Crippen LogP contribution in [0.1, 0.15) is 28.8 Å². The third kappa shape index (κ3) is 5.46. The molecule has 0 radical (unpaired) electrons. The zero-order valence-electron chi connectivity index (χ0n) is 16.7. The number of nitrogens with one attached hydrogen (secondary N) is 2. The highest BCUT2D eigenvalue weighted by molar-refractivity contribution is 6.30. The molecule has 0 bridgehead atoms. The number of benzene rings is 2. The van der Waals surface area contributed by atoms with E-state index in [0.29, 0.717) is 11.3 Å². The summed E-state index contributed by atoms with van der Waals surface area (Å²) in [4.78, 5) is 26.7. The van der Waals surface area contributed by atoms with Gasteiger partial charge in [-0.1, -0.05) is 23.7 Å². The first-order valence-corrected chi connectivity index (χ1v) is 10.1. The zero-order chi connectivity index (χ0) is 21.0. The molecule has 1 heterocycles. The van der Waals surface area contributed by atoms with Crippen LogP contribution in [0.25, 0.3) is 0 Å². The second-order valence-corrected chi connectivity index (χ2v) is 8.09. The predicted molar refractivity (Wildman–Crippen MR) is 114 cm³/mol. The standard InChI is InChI=1S/C21H25ClN4O3/c1-24(2)20-8-7-18(26(28)29)13-19(20)21(27)23-17-9-11-25(12-10-17)14-15-3-5-16(22)6-4-15/h3-8,13,17H,9-12,14H2,1-2H3,(H,23,27)/p+1. The van der Waals surface area contributed by atoms with Gasteiger partial charge in [0.1, 0.15) is 6.54 Å². The Morgan fingerprint density at radius 1 is 1.21 bits per heavy atom. The lowest BCUT2D eigenvalue weighted by Crippen LogP contribution is -3.12. The van der Waals surface area contributed by atoms with E-state index in [4.69, 9.17) is 11.6 Å². The Kier molecular flexibility index (Phi) is 6.71. The van der Waals surface area contributed by atoms with Crippen molar-refractivity contribution in [2.75, 3.05) is 32.1 Å². The van der Waals surface area contributed by atoms with Crippen molar-refractivity contribution in [2.45, 2.75) is 25.4 Å². The first-order chi connectivity index (χ1) is 13.8. The highest BCUT2D eigenvalue weighted by atomic mass is 35.5. The molecule has 2 aromatic carbocycles. The van der Waals surface area contributed by atoms with E-state index in [2.05, 4.69) is 5.32 Å². The van der Waals surface area contributed by atoms with Gasteiger partial charge in [0.05, 0.1) is 23.6 Å². The Labute approximate surface area is 175 Å². The van der Waals surface area contributed by atoms with Crippen LogP contribution in [0.5, 0.6) is 0 Å². The van der Waals surface area contributed by atoms with Crippen LogP contribution >= 0.6 is 11.6 Å². The van der Waals surface area contributed by atoms with E-state index in [1.165, 1.54) is 22.6 Å². The number of anilines is 1. The second kappa shape index (κ2) is 9.24. The van der Waals surface area contributed by atoms with Gasteiger partial charge in [-0.25, -0.2) is 0 Å². The van der Waals surface area contributed by atoms with Gasteiger partial charge in [0.25, 0.3) is 11.6 Å². The van der Waals surface area contributed by atoms with Crippen molar-refractivity contribution in [1.82, 2.24) is 5.32 Å². The lowest BCUT2D eigenvalue weighted by atomic mass is 10.0. The maximum atomic E-state index is 12.8. The van der Waals surface area contributed by atoms with E-state index < -0.39 is 4.92 Å². The SMILES string of the molecule is CN(C)c1ccc([N+](=O)[O-])cc1C(=O)NC1CC[NH+](Cc2ccc(Cl)cc2)CC1. The van der Waals surface area contributed by atoms with Crippen LogP contribution in [0.2, 0.25) is 5.02 Å². The summed E-state index contributed by atoms with van der Waals surface area (Å²) in [5, 5.41) is 14.9. The normalized spacial score (nSPS) is 18.9. The molecule has 0 spiro atoms. The average molecular weight is 418 g/mol. The fourth-order valence-corrected chi connectivity index (χ4v) is 3.84. The van der Waals surface area contributed by atoms with Crippen LogP contribution in [0.4, 0.5) is 11.4 Å². The predicted octanol–water partition coefficient (Wildman–Crippen LogP) is 2.29. The van der Waals surface area contributed by atoms with E-state index >= 15 is 0 Å². The molecule has 29 heavy (non-hydrogen) atoms. The van der Waals surface area contributed by atoms with Gasteiger partial charge in [-0.3, -0.25) is 14.9 Å². The van der Waals surface area contributed by atoms with Gasteiger partial charge in [0, 0.05) is 61.4 Å². The summed E-state index contributed by atoms with van der Waals surface area (Å²) < 4.78 is 0. The van der Waals surface area contributed by atoms with Crippen molar-refractivity contribution in [3.05, 3.63) is 68.7 Å². The summed E-state index contributed by atoms with van der Waals surface area (Å²) in [5.41, 5.74) is 2.17. The summed E-state index contributed by atoms with van der Waals surface area (Å²) in [6.07, 6.45) is 1.75. The van der Waals surface area contributed by atoms with E-state index in [1.807, 2.05) is 38.4 Å². The number of halogens is 1. The third-order valence-corrected chi connectivity index (χ3v) is 5.56. The fourth-order valence-electron chi connectivity index (χ4n) is 3.71. The topological polar surface area (TPSA) is 79.9 Å². The van der Waals surface area contributed by atoms with E-state index in [1.54, 1.807) is 11.0 Å². The van der Waals surface area contributed by atoms with Crippen molar-refractivity contribution in [3.63, 3.8) is 0 Å². The van der Waals surface area contributed by atoms with Crippen molar-refractivity contribution >= 4 is 28.9 Å². The quantitative estimate of drug-likeness (QED) is 0.558. The number of hydrogen-bond donors (Lipinski definition) is 2. The van der Waals surface area contributed by atoms with Gasteiger partial charge in [-0.15, -0.1) is 0 Å². The van der Waals surface area contributed by atoms with Gasteiger partial charge in [0.15, 0.2) is 0 Å². The molecule has 7 nitrogen and oxygen atoms in total. The Morgan fingerprint density at radius 3 is 2.45 bits per heavy atom. The summed E-state index contributed by atoms with van der Waals surface area (Å²) in [7, 11) is 3.63. The number of carbonyl (C=O) groups excluding carboxylic acids is 1. The van der Waals surface area contributed by atoms with E-state index in [0.717, 1.165) is 37.5 Å². The zero-order valence-corrected chi connectivity index (χ0v) is 17.4. The van der Waals surface area contributed by atoms with Crippen LogP contribution in [0, 0.1) is 10.1 Å². The molecule has 3 rings (SSSR count). The molecule has 0 aliphatic carbocycles. The lowest BCUT2D eigenvalue weighted by molar-refractivity contribution is -0.918. The maximum absolute atomic E-state index is 12.8. The minimum atomic E-state index is -0.477. The van der Waals surface area contributed by atoms with Gasteiger partial charge in [-0.05, 0) is 18.2 Å².